The Hall–Kier alpha value is -3.44. The molecule has 0 saturated carbocycles. The molecule has 4 rings (SSSR count). The molecule has 3 aromatic carbocycles. The highest BCUT2D eigenvalue weighted by atomic mass is 35.5. The van der Waals surface area contributed by atoms with E-state index in [1.807, 2.05) is 49.4 Å². The van der Waals surface area contributed by atoms with E-state index in [1.54, 1.807) is 31.3 Å². The number of carbonyl (C=O) groups is 1. The SMILES string of the molecule is Cc1ccc(-c2nn(C)c(=O)c3ccccc23)cc1CNC(=O)c1ccc(Cl)cc1. The maximum absolute atomic E-state index is 12.4. The molecule has 6 heteroatoms. The lowest BCUT2D eigenvalue weighted by molar-refractivity contribution is 0.0951. The number of halogens is 1. The van der Waals surface area contributed by atoms with Crippen molar-refractivity contribution in [1.29, 1.82) is 0 Å². The minimum absolute atomic E-state index is 0.128. The van der Waals surface area contributed by atoms with E-state index in [4.69, 9.17) is 11.6 Å². The number of carbonyl (C=O) groups excluding carboxylic acids is 1. The molecular weight excluding hydrogens is 398 g/mol. The molecule has 0 bridgehead atoms. The van der Waals surface area contributed by atoms with Crippen molar-refractivity contribution < 1.29 is 4.79 Å². The van der Waals surface area contributed by atoms with Crippen molar-refractivity contribution in [2.75, 3.05) is 0 Å². The standard InChI is InChI=1S/C24H20ClN3O2/c1-15-7-8-17(22-20-5-3-4-6-21(20)24(30)28(2)27-22)13-18(15)14-26-23(29)16-9-11-19(25)12-10-16/h3-13H,14H2,1-2H3,(H,26,29). The van der Waals surface area contributed by atoms with Gasteiger partial charge < -0.3 is 5.32 Å². The van der Waals surface area contributed by atoms with Crippen LogP contribution in [-0.4, -0.2) is 15.7 Å². The molecule has 1 amide bonds. The maximum atomic E-state index is 12.4. The number of aromatic nitrogens is 2. The second-order valence-corrected chi connectivity index (χ2v) is 7.59. The van der Waals surface area contributed by atoms with Gasteiger partial charge in [0.15, 0.2) is 0 Å². The summed E-state index contributed by atoms with van der Waals surface area (Å²) in [6.45, 7) is 2.38. The molecule has 1 N–H and O–H groups in total. The van der Waals surface area contributed by atoms with E-state index in [9.17, 15) is 9.59 Å². The largest absolute Gasteiger partial charge is 0.348 e. The molecule has 0 spiro atoms. The zero-order valence-electron chi connectivity index (χ0n) is 16.6. The first-order valence-electron chi connectivity index (χ1n) is 9.54. The molecule has 0 aliphatic carbocycles. The van der Waals surface area contributed by atoms with Crippen LogP contribution in [0.15, 0.2) is 71.5 Å². The van der Waals surface area contributed by atoms with Crippen molar-refractivity contribution in [2.45, 2.75) is 13.5 Å². The summed E-state index contributed by atoms with van der Waals surface area (Å²) in [7, 11) is 1.65. The molecule has 0 saturated heterocycles. The predicted molar refractivity (Wildman–Crippen MR) is 120 cm³/mol. The minimum Gasteiger partial charge on any atom is -0.348 e. The van der Waals surface area contributed by atoms with Crippen molar-refractivity contribution in [2.24, 2.45) is 7.05 Å². The van der Waals surface area contributed by atoms with Gasteiger partial charge in [-0.25, -0.2) is 4.68 Å². The number of nitrogens with zero attached hydrogens (tertiary/aromatic N) is 2. The van der Waals surface area contributed by atoms with E-state index in [2.05, 4.69) is 10.4 Å². The van der Waals surface area contributed by atoms with Gasteiger partial charge in [0.05, 0.1) is 11.1 Å². The molecule has 1 heterocycles. The summed E-state index contributed by atoms with van der Waals surface area (Å²) in [5.74, 6) is -0.165. The van der Waals surface area contributed by atoms with Crippen LogP contribution in [0.25, 0.3) is 22.0 Å². The van der Waals surface area contributed by atoms with E-state index in [1.165, 1.54) is 4.68 Å². The van der Waals surface area contributed by atoms with Gasteiger partial charge in [0.2, 0.25) is 0 Å². The summed E-state index contributed by atoms with van der Waals surface area (Å²) in [6.07, 6.45) is 0. The van der Waals surface area contributed by atoms with E-state index >= 15 is 0 Å². The molecule has 0 aliphatic heterocycles. The van der Waals surface area contributed by atoms with Crippen molar-refractivity contribution in [1.82, 2.24) is 15.1 Å². The molecule has 0 radical (unpaired) electrons. The predicted octanol–water partition coefficient (Wildman–Crippen LogP) is 4.49. The second kappa shape index (κ2) is 8.13. The molecule has 0 fully saturated rings. The van der Waals surface area contributed by atoms with Gasteiger partial charge in [-0.2, -0.15) is 5.10 Å². The molecule has 0 aliphatic rings. The van der Waals surface area contributed by atoms with Crippen LogP contribution in [0.5, 0.6) is 0 Å². The molecule has 1 aromatic heterocycles. The Bertz CT molecular complexity index is 1310. The van der Waals surface area contributed by atoms with Crippen molar-refractivity contribution >= 4 is 28.3 Å². The minimum atomic E-state index is -0.165. The van der Waals surface area contributed by atoms with Crippen molar-refractivity contribution in [3.05, 3.63) is 98.8 Å². The fraction of sp³-hybridized carbons (Fsp3) is 0.125. The molecule has 0 atom stereocenters. The van der Waals surface area contributed by atoms with Crippen LogP contribution in [0.1, 0.15) is 21.5 Å². The third kappa shape index (κ3) is 3.84. The van der Waals surface area contributed by atoms with Crippen LogP contribution >= 0.6 is 11.6 Å². The Balaban J connectivity index is 1.67. The van der Waals surface area contributed by atoms with Crippen molar-refractivity contribution in [3.8, 4) is 11.3 Å². The Kier molecular flexibility index (Phi) is 5.38. The lowest BCUT2D eigenvalue weighted by Crippen LogP contribution is -2.23. The Morgan fingerprint density at radius 3 is 2.47 bits per heavy atom. The number of benzene rings is 3. The highest BCUT2D eigenvalue weighted by Gasteiger charge is 2.12. The quantitative estimate of drug-likeness (QED) is 0.532. The van der Waals surface area contributed by atoms with E-state index in [0.29, 0.717) is 22.5 Å². The summed E-state index contributed by atoms with van der Waals surface area (Å²) < 4.78 is 1.36. The molecule has 150 valence electrons. The maximum Gasteiger partial charge on any atom is 0.274 e. The van der Waals surface area contributed by atoms with Crippen LogP contribution in [0.2, 0.25) is 5.02 Å². The summed E-state index contributed by atoms with van der Waals surface area (Å²) in [6, 6.07) is 20.2. The van der Waals surface area contributed by atoms with E-state index < -0.39 is 0 Å². The zero-order chi connectivity index (χ0) is 21.3. The number of aryl methyl sites for hydroxylation is 2. The zero-order valence-corrected chi connectivity index (χ0v) is 17.4. The van der Waals surface area contributed by atoms with Crippen LogP contribution in [0.3, 0.4) is 0 Å². The Labute approximate surface area is 178 Å². The molecular formula is C24H20ClN3O2. The van der Waals surface area contributed by atoms with Crippen molar-refractivity contribution in [3.63, 3.8) is 0 Å². The van der Waals surface area contributed by atoms with Crippen LogP contribution in [-0.2, 0) is 13.6 Å². The van der Waals surface area contributed by atoms with Crippen LogP contribution in [0, 0.1) is 6.92 Å². The number of rotatable bonds is 4. The number of hydrogen-bond donors (Lipinski definition) is 1. The Morgan fingerprint density at radius 1 is 1.03 bits per heavy atom. The highest BCUT2D eigenvalue weighted by molar-refractivity contribution is 6.30. The third-order valence-electron chi connectivity index (χ3n) is 5.12. The fourth-order valence-corrected chi connectivity index (χ4v) is 3.53. The average Bonchev–Trinajstić information content (AvgIpc) is 2.76. The fourth-order valence-electron chi connectivity index (χ4n) is 3.40. The first-order chi connectivity index (χ1) is 14.4. The average molecular weight is 418 g/mol. The van der Waals surface area contributed by atoms with Gasteiger partial charge in [0.1, 0.15) is 0 Å². The lowest BCUT2D eigenvalue weighted by Gasteiger charge is -2.12. The number of nitrogens with one attached hydrogen (secondary N) is 1. The number of fused-ring (bicyclic) bond motifs is 1. The molecule has 5 nitrogen and oxygen atoms in total. The monoisotopic (exact) mass is 417 g/mol. The van der Waals surface area contributed by atoms with Gasteiger partial charge in [-0.15, -0.1) is 0 Å². The lowest BCUT2D eigenvalue weighted by atomic mass is 10.00. The van der Waals surface area contributed by atoms with E-state index in [0.717, 1.165) is 27.8 Å². The third-order valence-corrected chi connectivity index (χ3v) is 5.38. The van der Waals surface area contributed by atoms with Gasteiger partial charge in [-0.1, -0.05) is 41.9 Å². The summed E-state index contributed by atoms with van der Waals surface area (Å²) >= 11 is 5.89. The summed E-state index contributed by atoms with van der Waals surface area (Å²) in [4.78, 5) is 24.9. The summed E-state index contributed by atoms with van der Waals surface area (Å²) in [5.41, 5.74) is 4.09. The Morgan fingerprint density at radius 2 is 1.73 bits per heavy atom. The van der Waals surface area contributed by atoms with Crippen LogP contribution < -0.4 is 10.9 Å². The molecule has 30 heavy (non-hydrogen) atoms. The highest BCUT2D eigenvalue weighted by Crippen LogP contribution is 2.26. The topological polar surface area (TPSA) is 64.0 Å². The van der Waals surface area contributed by atoms with Gasteiger partial charge >= 0.3 is 0 Å². The van der Waals surface area contributed by atoms with Crippen LogP contribution in [0.4, 0.5) is 0 Å². The first-order valence-corrected chi connectivity index (χ1v) is 9.91. The smallest absolute Gasteiger partial charge is 0.274 e. The summed E-state index contributed by atoms with van der Waals surface area (Å²) in [5, 5.41) is 9.48. The molecule has 4 aromatic rings. The normalized spacial score (nSPS) is 10.9. The van der Waals surface area contributed by atoms with E-state index in [-0.39, 0.29) is 11.5 Å². The van der Waals surface area contributed by atoms with Gasteiger partial charge in [0, 0.05) is 35.1 Å². The van der Waals surface area contributed by atoms with Gasteiger partial charge in [-0.3, -0.25) is 9.59 Å². The molecule has 0 unspecified atom stereocenters. The second-order valence-electron chi connectivity index (χ2n) is 7.15. The number of hydrogen-bond acceptors (Lipinski definition) is 3. The first kappa shape index (κ1) is 19.9. The van der Waals surface area contributed by atoms with Gasteiger partial charge in [-0.05, 0) is 54.4 Å². The van der Waals surface area contributed by atoms with Gasteiger partial charge in [0.25, 0.3) is 11.5 Å². The number of amides is 1.